The molecule has 5 nitrogen and oxygen atoms in total. The van der Waals surface area contributed by atoms with E-state index in [9.17, 15) is 20.1 Å². The van der Waals surface area contributed by atoms with Crippen molar-refractivity contribution >= 4 is 21.9 Å². The van der Waals surface area contributed by atoms with Crippen molar-refractivity contribution in [3.8, 4) is 17.2 Å². The first-order valence-corrected chi connectivity index (χ1v) is 5.19. The average molecular weight is 244 g/mol. The molecule has 0 aliphatic rings. The summed E-state index contributed by atoms with van der Waals surface area (Å²) < 4.78 is 5.31. The first-order chi connectivity index (χ1) is 8.59. The fourth-order valence-electron chi connectivity index (χ4n) is 1.93. The Kier molecular flexibility index (Phi) is 1.98. The Labute approximate surface area is 100 Å². The molecule has 0 spiro atoms. The quantitative estimate of drug-likeness (QED) is 0.416. The summed E-state index contributed by atoms with van der Waals surface area (Å²) in [6, 6.07) is 6.77. The van der Waals surface area contributed by atoms with Gasteiger partial charge in [0.1, 0.15) is 11.1 Å². The van der Waals surface area contributed by atoms with Gasteiger partial charge in [0.15, 0.2) is 22.7 Å². The molecule has 0 atom stereocenters. The predicted molar refractivity (Wildman–Crippen MR) is 65.0 cm³/mol. The van der Waals surface area contributed by atoms with E-state index in [0.29, 0.717) is 0 Å². The molecule has 2 aromatic carbocycles. The van der Waals surface area contributed by atoms with Crippen LogP contribution in [0.15, 0.2) is 39.5 Å². The zero-order valence-corrected chi connectivity index (χ0v) is 9.04. The van der Waals surface area contributed by atoms with Crippen LogP contribution in [0, 0.1) is 0 Å². The van der Waals surface area contributed by atoms with E-state index in [0.717, 1.165) is 0 Å². The molecule has 3 N–H and O–H groups in total. The van der Waals surface area contributed by atoms with Gasteiger partial charge in [-0.25, -0.2) is 0 Å². The second-order valence-corrected chi connectivity index (χ2v) is 3.89. The molecule has 3 rings (SSSR count). The molecular weight excluding hydrogens is 236 g/mol. The number of hydrogen-bond donors (Lipinski definition) is 3. The summed E-state index contributed by atoms with van der Waals surface area (Å²) in [7, 11) is 0. The van der Waals surface area contributed by atoms with Crippen molar-refractivity contribution in [2.24, 2.45) is 0 Å². The van der Waals surface area contributed by atoms with Crippen LogP contribution < -0.4 is 5.43 Å². The maximum Gasteiger partial charge on any atom is 0.204 e. The second-order valence-electron chi connectivity index (χ2n) is 3.89. The third-order valence-electron chi connectivity index (χ3n) is 2.78. The van der Waals surface area contributed by atoms with Crippen LogP contribution in [-0.4, -0.2) is 15.3 Å². The number of aromatic hydroxyl groups is 3. The lowest BCUT2D eigenvalue weighted by atomic mass is 10.1. The smallest absolute Gasteiger partial charge is 0.204 e. The van der Waals surface area contributed by atoms with Gasteiger partial charge in [-0.2, -0.15) is 0 Å². The van der Waals surface area contributed by atoms with Crippen LogP contribution in [-0.2, 0) is 0 Å². The number of hydrogen-bond acceptors (Lipinski definition) is 5. The van der Waals surface area contributed by atoms with Crippen molar-refractivity contribution in [1.82, 2.24) is 0 Å². The third kappa shape index (κ3) is 1.24. The Bertz CT molecular complexity index is 832. The molecule has 18 heavy (non-hydrogen) atoms. The van der Waals surface area contributed by atoms with E-state index >= 15 is 0 Å². The van der Waals surface area contributed by atoms with Crippen molar-refractivity contribution in [3.63, 3.8) is 0 Å². The van der Waals surface area contributed by atoms with Crippen LogP contribution in [0.4, 0.5) is 0 Å². The maximum atomic E-state index is 12.2. The first kappa shape index (κ1) is 10.5. The van der Waals surface area contributed by atoms with Crippen LogP contribution in [0.25, 0.3) is 21.9 Å². The van der Waals surface area contributed by atoms with E-state index in [1.165, 1.54) is 30.3 Å². The Hall–Kier alpha value is -2.69. The molecule has 0 bridgehead atoms. The molecule has 0 aliphatic carbocycles. The fraction of sp³-hybridized carbons (Fsp3) is 0. The number of phenolic OH excluding ortho intramolecular Hbond substituents is 3. The number of para-hydroxylation sites is 1. The molecule has 0 saturated heterocycles. The molecule has 90 valence electrons. The summed E-state index contributed by atoms with van der Waals surface area (Å²) in [4.78, 5) is 12.2. The Morgan fingerprint density at radius 1 is 0.833 bits per heavy atom. The van der Waals surface area contributed by atoms with E-state index in [1.807, 2.05) is 0 Å². The van der Waals surface area contributed by atoms with Crippen LogP contribution in [0.3, 0.4) is 0 Å². The van der Waals surface area contributed by atoms with E-state index in [2.05, 4.69) is 0 Å². The Morgan fingerprint density at radius 2 is 1.50 bits per heavy atom. The van der Waals surface area contributed by atoms with Crippen LogP contribution in [0.5, 0.6) is 17.2 Å². The van der Waals surface area contributed by atoms with E-state index < -0.39 is 5.43 Å². The third-order valence-corrected chi connectivity index (χ3v) is 2.78. The number of benzene rings is 2. The van der Waals surface area contributed by atoms with Crippen LogP contribution in [0.1, 0.15) is 0 Å². The maximum absolute atomic E-state index is 12.2. The molecule has 5 heteroatoms. The Balaban J connectivity index is 2.70. The van der Waals surface area contributed by atoms with Gasteiger partial charge in [-0.15, -0.1) is 0 Å². The molecule has 0 fully saturated rings. The van der Waals surface area contributed by atoms with E-state index in [-0.39, 0.29) is 39.2 Å². The van der Waals surface area contributed by atoms with Gasteiger partial charge in [0, 0.05) is 0 Å². The largest absolute Gasteiger partial charge is 0.507 e. The molecule has 0 saturated carbocycles. The second kappa shape index (κ2) is 3.40. The van der Waals surface area contributed by atoms with Gasteiger partial charge in [0.05, 0.1) is 5.39 Å². The normalized spacial score (nSPS) is 11.1. The number of fused-ring (bicyclic) bond motifs is 2. The summed E-state index contributed by atoms with van der Waals surface area (Å²) >= 11 is 0. The van der Waals surface area contributed by atoms with Crippen LogP contribution in [0.2, 0.25) is 0 Å². The van der Waals surface area contributed by atoms with Crippen molar-refractivity contribution in [3.05, 3.63) is 40.6 Å². The van der Waals surface area contributed by atoms with Gasteiger partial charge in [-0.05, 0) is 24.3 Å². The highest BCUT2D eigenvalue weighted by atomic mass is 16.4. The molecular formula is C13H8O5. The lowest BCUT2D eigenvalue weighted by Gasteiger charge is -2.05. The summed E-state index contributed by atoms with van der Waals surface area (Å²) in [5, 5.41) is 29.0. The van der Waals surface area contributed by atoms with Gasteiger partial charge < -0.3 is 19.7 Å². The van der Waals surface area contributed by atoms with Crippen molar-refractivity contribution in [1.29, 1.82) is 0 Å². The van der Waals surface area contributed by atoms with Gasteiger partial charge >= 0.3 is 0 Å². The van der Waals surface area contributed by atoms with Gasteiger partial charge in [0.2, 0.25) is 5.43 Å². The Morgan fingerprint density at radius 3 is 2.28 bits per heavy atom. The summed E-state index contributed by atoms with van der Waals surface area (Å²) in [6.45, 7) is 0. The van der Waals surface area contributed by atoms with Crippen LogP contribution >= 0.6 is 0 Å². The topological polar surface area (TPSA) is 90.9 Å². The highest BCUT2D eigenvalue weighted by Gasteiger charge is 2.15. The number of rotatable bonds is 0. The zero-order chi connectivity index (χ0) is 12.9. The van der Waals surface area contributed by atoms with E-state index in [1.54, 1.807) is 0 Å². The van der Waals surface area contributed by atoms with Gasteiger partial charge in [-0.1, -0.05) is 6.07 Å². The minimum atomic E-state index is -0.504. The minimum absolute atomic E-state index is 0.0177. The summed E-state index contributed by atoms with van der Waals surface area (Å²) in [5.41, 5.74) is -0.666. The van der Waals surface area contributed by atoms with Crippen molar-refractivity contribution in [2.45, 2.75) is 0 Å². The van der Waals surface area contributed by atoms with Crippen molar-refractivity contribution < 1.29 is 19.7 Å². The highest BCUT2D eigenvalue weighted by molar-refractivity contribution is 5.97. The predicted octanol–water partition coefficient (Wildman–Crippen LogP) is 2.06. The van der Waals surface area contributed by atoms with Crippen molar-refractivity contribution in [2.75, 3.05) is 0 Å². The van der Waals surface area contributed by atoms with Gasteiger partial charge in [-0.3, -0.25) is 4.79 Å². The summed E-state index contributed by atoms with van der Waals surface area (Å²) in [5.74, 6) is -0.749. The first-order valence-electron chi connectivity index (χ1n) is 5.19. The molecule has 1 aromatic heterocycles. The van der Waals surface area contributed by atoms with E-state index in [4.69, 9.17) is 4.42 Å². The highest BCUT2D eigenvalue weighted by Crippen LogP contribution is 2.33. The zero-order valence-electron chi connectivity index (χ0n) is 9.04. The monoisotopic (exact) mass is 244 g/mol. The summed E-state index contributed by atoms with van der Waals surface area (Å²) in [6.07, 6.45) is 0. The van der Waals surface area contributed by atoms with Gasteiger partial charge in [0.25, 0.3) is 0 Å². The lowest BCUT2D eigenvalue weighted by Crippen LogP contribution is -2.02. The standard InChI is InChI=1S/C13H8O5/c14-7-4-5-9(16)13-10(7)11(17)6-2-1-3-8(15)12(6)18-13/h1-5,14-16H. The average Bonchev–Trinajstić information content (AvgIpc) is 2.35. The molecule has 1 heterocycles. The molecule has 0 amide bonds. The lowest BCUT2D eigenvalue weighted by molar-refractivity contribution is 0.449. The minimum Gasteiger partial charge on any atom is -0.507 e. The molecule has 0 unspecified atom stereocenters. The molecule has 3 aromatic rings. The molecule has 0 aliphatic heterocycles. The SMILES string of the molecule is O=c1c2cccc(O)c2oc2c(O)ccc(O)c12. The number of phenols is 3. The molecule has 0 radical (unpaired) electrons. The fourth-order valence-corrected chi connectivity index (χ4v) is 1.93.